The fourth-order valence-electron chi connectivity index (χ4n) is 1.01. The highest BCUT2D eigenvalue weighted by Gasteiger charge is 1.99. The largest absolute Gasteiger partial charge is 0.394 e. The van der Waals surface area contributed by atoms with Gasteiger partial charge in [0.1, 0.15) is 6.33 Å². The van der Waals surface area contributed by atoms with Gasteiger partial charge in [0.15, 0.2) is 5.82 Å². The molecule has 3 N–H and O–H groups in total. The summed E-state index contributed by atoms with van der Waals surface area (Å²) in [5.41, 5.74) is 6.26. The van der Waals surface area contributed by atoms with Gasteiger partial charge in [-0.1, -0.05) is 6.92 Å². The first-order valence-corrected chi connectivity index (χ1v) is 4.72. The predicted octanol–water partition coefficient (Wildman–Crippen LogP) is 0.422. The lowest BCUT2D eigenvalue weighted by atomic mass is 10.4. The van der Waals surface area contributed by atoms with E-state index in [9.17, 15) is 0 Å². The monoisotopic (exact) mass is 195 g/mol. The molecule has 0 aliphatic rings. The number of rotatable bonds is 5. The van der Waals surface area contributed by atoms with Gasteiger partial charge in [0.25, 0.3) is 0 Å². The van der Waals surface area contributed by atoms with Gasteiger partial charge in [0, 0.05) is 13.1 Å². The van der Waals surface area contributed by atoms with Crippen molar-refractivity contribution in [3.05, 3.63) is 12.5 Å². The van der Waals surface area contributed by atoms with Crippen LogP contribution in [0.3, 0.4) is 0 Å². The molecule has 1 aromatic rings. The van der Waals surface area contributed by atoms with Crippen LogP contribution in [0.15, 0.2) is 12.5 Å². The zero-order valence-corrected chi connectivity index (χ0v) is 8.70. The van der Waals surface area contributed by atoms with Crippen molar-refractivity contribution >= 4 is 11.5 Å². The molecule has 1 rings (SSSR count). The van der Waals surface area contributed by atoms with Crippen LogP contribution in [0.4, 0.5) is 11.5 Å². The number of hydrogen-bond donors (Lipinski definition) is 2. The van der Waals surface area contributed by atoms with E-state index >= 15 is 0 Å². The third-order valence-electron chi connectivity index (χ3n) is 2.07. The highest BCUT2D eigenvalue weighted by molar-refractivity contribution is 5.58. The van der Waals surface area contributed by atoms with E-state index in [4.69, 9.17) is 5.73 Å². The van der Waals surface area contributed by atoms with Crippen LogP contribution in [0, 0.1) is 0 Å². The third kappa shape index (κ3) is 3.18. The first kappa shape index (κ1) is 10.7. The maximum atomic E-state index is 5.67. The molecule has 0 aliphatic carbocycles. The van der Waals surface area contributed by atoms with Crippen LogP contribution in [-0.2, 0) is 0 Å². The minimum absolute atomic E-state index is 0.589. The molecule has 0 fully saturated rings. The predicted molar refractivity (Wildman–Crippen MR) is 58.1 cm³/mol. The number of hydrogen-bond acceptors (Lipinski definition) is 5. The molecule has 0 radical (unpaired) electrons. The Hall–Kier alpha value is -1.36. The average molecular weight is 195 g/mol. The summed E-state index contributed by atoms with van der Waals surface area (Å²) in [4.78, 5) is 10.1. The van der Waals surface area contributed by atoms with Crippen LogP contribution in [0.2, 0.25) is 0 Å². The number of nitrogens with one attached hydrogen (secondary N) is 1. The fourth-order valence-corrected chi connectivity index (χ4v) is 1.01. The number of likely N-dealkylation sites (N-methyl/N-ethyl adjacent to an activating group) is 1. The highest BCUT2D eigenvalue weighted by Crippen LogP contribution is 2.10. The number of nitrogens with zero attached hydrogens (tertiary/aromatic N) is 3. The first-order valence-electron chi connectivity index (χ1n) is 4.72. The van der Waals surface area contributed by atoms with Gasteiger partial charge < -0.3 is 16.0 Å². The summed E-state index contributed by atoms with van der Waals surface area (Å²) >= 11 is 0. The summed E-state index contributed by atoms with van der Waals surface area (Å²) in [5.74, 6) is 0.713. The summed E-state index contributed by atoms with van der Waals surface area (Å²) in [6, 6.07) is 0. The van der Waals surface area contributed by atoms with E-state index in [1.165, 1.54) is 6.33 Å². The van der Waals surface area contributed by atoms with E-state index in [2.05, 4.69) is 34.2 Å². The minimum atomic E-state index is 0.589. The van der Waals surface area contributed by atoms with Gasteiger partial charge in [-0.3, -0.25) is 0 Å². The Bertz CT molecular complexity index is 276. The molecular weight excluding hydrogens is 178 g/mol. The third-order valence-corrected chi connectivity index (χ3v) is 2.07. The molecule has 0 bridgehead atoms. The zero-order valence-electron chi connectivity index (χ0n) is 8.70. The lowest BCUT2D eigenvalue weighted by Crippen LogP contribution is -2.25. The molecule has 0 spiro atoms. The topological polar surface area (TPSA) is 67.1 Å². The quantitative estimate of drug-likeness (QED) is 0.713. The maximum Gasteiger partial charge on any atom is 0.152 e. The van der Waals surface area contributed by atoms with E-state index < -0.39 is 0 Å². The van der Waals surface area contributed by atoms with Crippen molar-refractivity contribution in [2.75, 3.05) is 37.7 Å². The molecule has 0 saturated carbocycles. The first-order chi connectivity index (χ1) is 6.74. The lowest BCUT2D eigenvalue weighted by molar-refractivity contribution is 0.367. The van der Waals surface area contributed by atoms with Crippen molar-refractivity contribution in [2.45, 2.75) is 6.92 Å². The average Bonchev–Trinajstić information content (AvgIpc) is 2.20. The second-order valence-corrected chi connectivity index (χ2v) is 3.15. The number of aromatic nitrogens is 2. The van der Waals surface area contributed by atoms with Crippen molar-refractivity contribution in [1.82, 2.24) is 14.9 Å². The van der Waals surface area contributed by atoms with Crippen LogP contribution in [0.5, 0.6) is 0 Å². The molecule has 0 aliphatic heterocycles. The number of nitrogens with two attached hydrogens (primary N) is 1. The standard InChI is InChI=1S/C9H17N5/c1-3-14(2)5-4-12-9-8(10)6-11-7-13-9/h6-7H,3-5,10H2,1-2H3,(H,11,12,13). The van der Waals surface area contributed by atoms with E-state index in [0.717, 1.165) is 19.6 Å². The molecule has 78 valence electrons. The molecule has 0 unspecified atom stereocenters. The van der Waals surface area contributed by atoms with Gasteiger partial charge in [-0.25, -0.2) is 9.97 Å². The van der Waals surface area contributed by atoms with Crippen LogP contribution in [0.1, 0.15) is 6.92 Å². The number of nitrogen functional groups attached to an aromatic ring is 1. The van der Waals surface area contributed by atoms with Gasteiger partial charge >= 0.3 is 0 Å². The molecule has 5 heteroatoms. The van der Waals surface area contributed by atoms with Crippen molar-refractivity contribution < 1.29 is 0 Å². The molecule has 14 heavy (non-hydrogen) atoms. The second kappa shape index (κ2) is 5.39. The van der Waals surface area contributed by atoms with Gasteiger partial charge in [0.05, 0.1) is 11.9 Å². The Morgan fingerprint density at radius 1 is 1.57 bits per heavy atom. The molecule has 1 aromatic heterocycles. The summed E-state index contributed by atoms with van der Waals surface area (Å²) in [7, 11) is 2.07. The van der Waals surface area contributed by atoms with Crippen molar-refractivity contribution in [1.29, 1.82) is 0 Å². The summed E-state index contributed by atoms with van der Waals surface area (Å²) in [6.45, 7) is 4.98. The minimum Gasteiger partial charge on any atom is -0.394 e. The Morgan fingerprint density at radius 2 is 2.36 bits per heavy atom. The van der Waals surface area contributed by atoms with Crippen LogP contribution in [-0.4, -0.2) is 41.5 Å². The smallest absolute Gasteiger partial charge is 0.152 e. The number of anilines is 2. The van der Waals surface area contributed by atoms with E-state index in [0.29, 0.717) is 11.5 Å². The van der Waals surface area contributed by atoms with Gasteiger partial charge in [0.2, 0.25) is 0 Å². The molecular formula is C9H17N5. The van der Waals surface area contributed by atoms with Crippen molar-refractivity contribution in [3.63, 3.8) is 0 Å². The fraction of sp³-hybridized carbons (Fsp3) is 0.556. The summed E-state index contributed by atoms with van der Waals surface area (Å²) in [5, 5.41) is 3.16. The molecule has 0 atom stereocenters. The Labute approximate surface area is 84.3 Å². The SMILES string of the molecule is CCN(C)CCNc1ncncc1N. The molecule has 1 heterocycles. The lowest BCUT2D eigenvalue weighted by Gasteiger charge is -2.14. The van der Waals surface area contributed by atoms with Crippen LogP contribution >= 0.6 is 0 Å². The Balaban J connectivity index is 2.35. The van der Waals surface area contributed by atoms with Crippen molar-refractivity contribution in [2.24, 2.45) is 0 Å². The highest BCUT2D eigenvalue weighted by atomic mass is 15.1. The van der Waals surface area contributed by atoms with Crippen LogP contribution < -0.4 is 11.1 Å². The normalized spacial score (nSPS) is 10.5. The summed E-state index contributed by atoms with van der Waals surface area (Å²) < 4.78 is 0. The summed E-state index contributed by atoms with van der Waals surface area (Å²) in [6.07, 6.45) is 3.08. The maximum absolute atomic E-state index is 5.67. The molecule has 5 nitrogen and oxygen atoms in total. The van der Waals surface area contributed by atoms with Gasteiger partial charge in [-0.2, -0.15) is 0 Å². The Morgan fingerprint density at radius 3 is 3.00 bits per heavy atom. The van der Waals surface area contributed by atoms with E-state index in [-0.39, 0.29) is 0 Å². The van der Waals surface area contributed by atoms with E-state index in [1.54, 1.807) is 6.20 Å². The van der Waals surface area contributed by atoms with Crippen LogP contribution in [0.25, 0.3) is 0 Å². The molecule has 0 aromatic carbocycles. The van der Waals surface area contributed by atoms with E-state index in [1.807, 2.05) is 0 Å². The van der Waals surface area contributed by atoms with Gasteiger partial charge in [-0.05, 0) is 13.6 Å². The molecule has 0 amide bonds. The zero-order chi connectivity index (χ0) is 10.4. The van der Waals surface area contributed by atoms with Gasteiger partial charge in [-0.15, -0.1) is 0 Å². The second-order valence-electron chi connectivity index (χ2n) is 3.15. The molecule has 0 saturated heterocycles. The van der Waals surface area contributed by atoms with Crippen molar-refractivity contribution in [3.8, 4) is 0 Å². The Kier molecular flexibility index (Phi) is 4.12.